The maximum Gasteiger partial charge on any atom is 0.191 e. The molecule has 1 heterocycles. The highest BCUT2D eigenvalue weighted by molar-refractivity contribution is 7.09. The molecule has 0 saturated carbocycles. The van der Waals surface area contributed by atoms with Gasteiger partial charge in [0, 0.05) is 18.5 Å². The summed E-state index contributed by atoms with van der Waals surface area (Å²) >= 11 is 1.76. The molecule has 3 nitrogen and oxygen atoms in total. The van der Waals surface area contributed by atoms with Crippen LogP contribution >= 0.6 is 11.3 Å². The van der Waals surface area contributed by atoms with Gasteiger partial charge >= 0.3 is 0 Å². The number of hydrogen-bond donors (Lipinski definition) is 2. The van der Waals surface area contributed by atoms with Gasteiger partial charge in [-0.1, -0.05) is 50.2 Å². The number of nitrogens with zero attached hydrogens (tertiary/aromatic N) is 1. The summed E-state index contributed by atoms with van der Waals surface area (Å²) in [5.41, 5.74) is 1.54. The number of guanidine groups is 1. The molecule has 0 aliphatic carbocycles. The summed E-state index contributed by atoms with van der Waals surface area (Å²) in [5.74, 6) is 0.856. The zero-order valence-corrected chi connectivity index (χ0v) is 14.4. The minimum absolute atomic E-state index is 0.169. The fourth-order valence-corrected chi connectivity index (χ4v) is 2.98. The highest BCUT2D eigenvalue weighted by atomic mass is 32.1. The Morgan fingerprint density at radius 2 is 1.86 bits per heavy atom. The van der Waals surface area contributed by atoms with Crippen LogP contribution in [0.2, 0.25) is 0 Å². The Hall–Kier alpha value is -1.81. The quantitative estimate of drug-likeness (QED) is 0.630. The molecule has 0 bridgehead atoms. The Bertz CT molecular complexity index is 574. The summed E-state index contributed by atoms with van der Waals surface area (Å²) in [5, 5.41) is 8.89. The second kappa shape index (κ2) is 7.99. The van der Waals surface area contributed by atoms with Gasteiger partial charge in [0.25, 0.3) is 0 Å². The summed E-state index contributed by atoms with van der Waals surface area (Å²) in [6.07, 6.45) is 1.04. The fourth-order valence-electron chi connectivity index (χ4n) is 2.34. The molecule has 0 saturated heterocycles. The lowest BCUT2D eigenvalue weighted by Crippen LogP contribution is -2.42. The maximum absolute atomic E-state index is 4.30. The van der Waals surface area contributed by atoms with Crippen LogP contribution in [-0.4, -0.2) is 19.6 Å². The minimum atomic E-state index is 0.169. The Balaban J connectivity index is 1.81. The first kappa shape index (κ1) is 16.6. The molecule has 1 aromatic heterocycles. The number of nitrogens with one attached hydrogen (secondary N) is 2. The Labute approximate surface area is 137 Å². The Morgan fingerprint density at radius 1 is 1.09 bits per heavy atom. The smallest absolute Gasteiger partial charge is 0.191 e. The van der Waals surface area contributed by atoms with E-state index in [1.54, 1.807) is 11.3 Å². The van der Waals surface area contributed by atoms with Gasteiger partial charge in [0.2, 0.25) is 0 Å². The minimum Gasteiger partial charge on any atom is -0.356 e. The zero-order chi connectivity index (χ0) is 15.8. The molecule has 0 fully saturated rings. The fraction of sp³-hybridized carbons (Fsp3) is 0.389. The topological polar surface area (TPSA) is 36.4 Å². The van der Waals surface area contributed by atoms with E-state index in [-0.39, 0.29) is 5.41 Å². The maximum atomic E-state index is 4.30. The second-order valence-corrected chi connectivity index (χ2v) is 7.22. The van der Waals surface area contributed by atoms with E-state index in [1.807, 2.05) is 7.05 Å². The van der Waals surface area contributed by atoms with E-state index in [9.17, 15) is 0 Å². The van der Waals surface area contributed by atoms with Crippen LogP contribution in [0, 0.1) is 5.41 Å². The van der Waals surface area contributed by atoms with E-state index in [0.717, 1.165) is 25.5 Å². The number of aliphatic imine (C=N–C) groups is 1. The third kappa shape index (κ3) is 5.53. The Kier molecular flexibility index (Phi) is 6.01. The van der Waals surface area contributed by atoms with Crippen molar-refractivity contribution in [3.8, 4) is 0 Å². The van der Waals surface area contributed by atoms with E-state index in [1.165, 1.54) is 10.4 Å². The van der Waals surface area contributed by atoms with Crippen LogP contribution in [0.1, 0.15) is 24.3 Å². The van der Waals surface area contributed by atoms with Gasteiger partial charge in [-0.3, -0.25) is 4.99 Å². The van der Waals surface area contributed by atoms with Gasteiger partial charge in [0.05, 0.1) is 6.54 Å². The summed E-state index contributed by atoms with van der Waals surface area (Å²) in [6, 6.07) is 14.8. The van der Waals surface area contributed by atoms with Crippen molar-refractivity contribution in [3.63, 3.8) is 0 Å². The molecule has 0 unspecified atom stereocenters. The van der Waals surface area contributed by atoms with Crippen LogP contribution < -0.4 is 10.6 Å². The summed E-state index contributed by atoms with van der Waals surface area (Å²) in [4.78, 5) is 5.61. The molecule has 1 aromatic carbocycles. The third-order valence-corrected chi connectivity index (χ3v) is 4.37. The van der Waals surface area contributed by atoms with Gasteiger partial charge in [-0.15, -0.1) is 11.3 Å². The van der Waals surface area contributed by atoms with E-state index < -0.39 is 0 Å². The molecule has 0 atom stereocenters. The van der Waals surface area contributed by atoms with Crippen molar-refractivity contribution in [2.24, 2.45) is 10.4 Å². The predicted molar refractivity (Wildman–Crippen MR) is 96.4 cm³/mol. The number of thiophene rings is 1. The highest BCUT2D eigenvalue weighted by Crippen LogP contribution is 2.20. The molecule has 2 rings (SSSR count). The Morgan fingerprint density at radius 3 is 2.50 bits per heavy atom. The van der Waals surface area contributed by atoms with Crippen molar-refractivity contribution >= 4 is 17.3 Å². The van der Waals surface area contributed by atoms with Gasteiger partial charge in [-0.05, 0) is 28.8 Å². The monoisotopic (exact) mass is 315 g/mol. The van der Waals surface area contributed by atoms with Crippen LogP contribution in [0.3, 0.4) is 0 Å². The molecular weight excluding hydrogens is 290 g/mol. The van der Waals surface area contributed by atoms with Crippen molar-refractivity contribution in [3.05, 3.63) is 58.3 Å². The standard InChI is InChI=1S/C18H25N3S/c1-18(2,12-15-8-5-4-6-9-15)14-21-17(19-3)20-13-16-10-7-11-22-16/h4-11H,12-14H2,1-3H3,(H2,19,20,21). The second-order valence-electron chi connectivity index (χ2n) is 6.19. The van der Waals surface area contributed by atoms with Gasteiger partial charge < -0.3 is 10.6 Å². The molecule has 2 aromatic rings. The summed E-state index contributed by atoms with van der Waals surface area (Å²) < 4.78 is 0. The first-order valence-corrected chi connectivity index (χ1v) is 8.48. The molecule has 22 heavy (non-hydrogen) atoms. The van der Waals surface area contributed by atoms with E-state index in [2.05, 4.69) is 77.3 Å². The van der Waals surface area contributed by atoms with Crippen molar-refractivity contribution in [2.75, 3.05) is 13.6 Å². The number of rotatable bonds is 6. The molecule has 118 valence electrons. The van der Waals surface area contributed by atoms with Crippen molar-refractivity contribution in [1.29, 1.82) is 0 Å². The van der Waals surface area contributed by atoms with Crippen LogP contribution in [0.25, 0.3) is 0 Å². The van der Waals surface area contributed by atoms with Gasteiger partial charge in [-0.2, -0.15) is 0 Å². The first-order valence-electron chi connectivity index (χ1n) is 7.60. The normalized spacial score (nSPS) is 12.2. The van der Waals surface area contributed by atoms with Crippen LogP contribution in [-0.2, 0) is 13.0 Å². The third-order valence-electron chi connectivity index (χ3n) is 3.49. The molecule has 2 N–H and O–H groups in total. The molecule has 0 radical (unpaired) electrons. The molecule has 0 aliphatic heterocycles. The number of hydrogen-bond acceptors (Lipinski definition) is 2. The lowest BCUT2D eigenvalue weighted by atomic mass is 9.86. The lowest BCUT2D eigenvalue weighted by molar-refractivity contribution is 0.359. The van der Waals surface area contributed by atoms with Crippen molar-refractivity contribution in [2.45, 2.75) is 26.8 Å². The van der Waals surface area contributed by atoms with E-state index in [0.29, 0.717) is 0 Å². The largest absolute Gasteiger partial charge is 0.356 e. The SMILES string of the molecule is CN=C(NCc1cccs1)NCC(C)(C)Cc1ccccc1. The van der Waals surface area contributed by atoms with Crippen molar-refractivity contribution in [1.82, 2.24) is 10.6 Å². The summed E-state index contributed by atoms with van der Waals surface area (Å²) in [6.45, 7) is 6.25. The molecule has 4 heteroatoms. The zero-order valence-electron chi connectivity index (χ0n) is 13.6. The average Bonchev–Trinajstić information content (AvgIpc) is 3.01. The molecular formula is C18H25N3S. The molecule has 0 aliphatic rings. The number of benzene rings is 1. The average molecular weight is 315 g/mol. The van der Waals surface area contributed by atoms with Crippen LogP contribution in [0.4, 0.5) is 0 Å². The van der Waals surface area contributed by atoms with Gasteiger partial charge in [0.1, 0.15) is 0 Å². The highest BCUT2D eigenvalue weighted by Gasteiger charge is 2.18. The van der Waals surface area contributed by atoms with Crippen LogP contribution in [0.5, 0.6) is 0 Å². The lowest BCUT2D eigenvalue weighted by Gasteiger charge is -2.26. The van der Waals surface area contributed by atoms with Crippen molar-refractivity contribution < 1.29 is 0 Å². The summed E-state index contributed by atoms with van der Waals surface area (Å²) in [7, 11) is 1.81. The predicted octanol–water partition coefficient (Wildman–Crippen LogP) is 3.68. The molecule has 0 spiro atoms. The first-order chi connectivity index (χ1) is 10.6. The van der Waals surface area contributed by atoms with E-state index >= 15 is 0 Å². The van der Waals surface area contributed by atoms with E-state index in [4.69, 9.17) is 0 Å². The van der Waals surface area contributed by atoms with Gasteiger partial charge in [0.15, 0.2) is 5.96 Å². The molecule has 0 amide bonds. The van der Waals surface area contributed by atoms with Crippen LogP contribution in [0.15, 0.2) is 52.8 Å². The van der Waals surface area contributed by atoms with Gasteiger partial charge in [-0.25, -0.2) is 0 Å².